The van der Waals surface area contributed by atoms with Gasteiger partial charge in [0.1, 0.15) is 17.2 Å². The number of nitrogens with one attached hydrogen (secondary N) is 1. The van der Waals surface area contributed by atoms with Gasteiger partial charge in [0.05, 0.1) is 11.7 Å². The van der Waals surface area contributed by atoms with E-state index in [-0.39, 0.29) is 30.5 Å². The standard InChI is InChI=1S/C20H24N4O4/c1-12(2)17-10-14(22-28-17)15-5-4-8-24(15)20(26)21-13-6-7-16-18(9-13)27-11-19(25)23(16)3/h6-7,9-10,12,15H,4-5,8,11H2,1-3H3,(H,21,26). The Bertz CT molecular complexity index is 907. The average molecular weight is 384 g/mol. The largest absolute Gasteiger partial charge is 0.481 e. The lowest BCUT2D eigenvalue weighted by Crippen LogP contribution is -2.36. The number of hydrogen-bond donors (Lipinski definition) is 1. The molecule has 148 valence electrons. The summed E-state index contributed by atoms with van der Waals surface area (Å²) in [6, 6.07) is 6.96. The second kappa shape index (κ2) is 7.18. The fourth-order valence-corrected chi connectivity index (χ4v) is 3.60. The van der Waals surface area contributed by atoms with Crippen LogP contribution >= 0.6 is 0 Å². The lowest BCUT2D eigenvalue weighted by Gasteiger charge is -2.27. The molecule has 3 amide bonds. The Labute approximate surface area is 163 Å². The molecule has 1 saturated heterocycles. The molecule has 0 radical (unpaired) electrons. The second-order valence-electron chi connectivity index (χ2n) is 7.51. The minimum absolute atomic E-state index is 0.000553. The third kappa shape index (κ3) is 3.30. The van der Waals surface area contributed by atoms with Gasteiger partial charge in [-0.25, -0.2) is 4.79 Å². The number of amides is 3. The van der Waals surface area contributed by atoms with Crippen molar-refractivity contribution < 1.29 is 18.8 Å². The zero-order valence-corrected chi connectivity index (χ0v) is 16.3. The van der Waals surface area contributed by atoms with Gasteiger partial charge < -0.3 is 24.4 Å². The van der Waals surface area contributed by atoms with E-state index in [9.17, 15) is 9.59 Å². The average Bonchev–Trinajstić information content (AvgIpc) is 3.33. The number of likely N-dealkylation sites (N-methyl/N-ethyl adjacent to an activating group) is 1. The maximum Gasteiger partial charge on any atom is 0.322 e. The number of carbonyl (C=O) groups is 2. The highest BCUT2D eigenvalue weighted by Crippen LogP contribution is 2.35. The van der Waals surface area contributed by atoms with Crippen molar-refractivity contribution in [2.45, 2.75) is 38.6 Å². The first-order valence-electron chi connectivity index (χ1n) is 9.51. The van der Waals surface area contributed by atoms with E-state index in [0.717, 1.165) is 24.3 Å². The van der Waals surface area contributed by atoms with Gasteiger partial charge in [-0.15, -0.1) is 0 Å². The number of fused-ring (bicyclic) bond motifs is 1. The molecular formula is C20H24N4O4. The predicted octanol–water partition coefficient (Wildman–Crippen LogP) is 3.52. The Morgan fingerprint density at radius 3 is 2.89 bits per heavy atom. The van der Waals surface area contributed by atoms with Crippen LogP contribution in [0.2, 0.25) is 0 Å². The van der Waals surface area contributed by atoms with Gasteiger partial charge in [0.25, 0.3) is 5.91 Å². The summed E-state index contributed by atoms with van der Waals surface area (Å²) in [7, 11) is 1.71. The Balaban J connectivity index is 1.49. The molecule has 1 aromatic heterocycles. The molecule has 3 heterocycles. The molecule has 2 aliphatic heterocycles. The first-order valence-corrected chi connectivity index (χ1v) is 9.51. The molecule has 1 atom stereocenters. The molecule has 4 rings (SSSR count). The number of benzene rings is 1. The smallest absolute Gasteiger partial charge is 0.322 e. The van der Waals surface area contributed by atoms with Crippen molar-refractivity contribution in [3.05, 3.63) is 35.7 Å². The van der Waals surface area contributed by atoms with Gasteiger partial charge in [-0.3, -0.25) is 4.79 Å². The Kier molecular flexibility index (Phi) is 4.70. The zero-order chi connectivity index (χ0) is 19.8. The lowest BCUT2D eigenvalue weighted by molar-refractivity contribution is -0.120. The Hall–Kier alpha value is -3.03. The summed E-state index contributed by atoms with van der Waals surface area (Å²) in [4.78, 5) is 27.9. The highest BCUT2D eigenvalue weighted by Gasteiger charge is 2.33. The maximum atomic E-state index is 12.9. The molecule has 8 heteroatoms. The van der Waals surface area contributed by atoms with Crippen LogP contribution in [0, 0.1) is 0 Å². The topological polar surface area (TPSA) is 87.9 Å². The number of ether oxygens (including phenoxy) is 1. The summed E-state index contributed by atoms with van der Waals surface area (Å²) in [5.74, 6) is 1.56. The van der Waals surface area contributed by atoms with Crippen LogP contribution in [0.25, 0.3) is 0 Å². The normalized spacial score (nSPS) is 19.0. The lowest BCUT2D eigenvalue weighted by atomic mass is 10.1. The Morgan fingerprint density at radius 1 is 1.32 bits per heavy atom. The number of hydrogen-bond acceptors (Lipinski definition) is 5. The van der Waals surface area contributed by atoms with E-state index in [4.69, 9.17) is 9.26 Å². The van der Waals surface area contributed by atoms with Gasteiger partial charge >= 0.3 is 6.03 Å². The first-order chi connectivity index (χ1) is 13.4. The van der Waals surface area contributed by atoms with Crippen molar-refractivity contribution in [2.75, 3.05) is 30.4 Å². The molecule has 1 unspecified atom stereocenters. The molecule has 1 N–H and O–H groups in total. The van der Waals surface area contributed by atoms with Crippen LogP contribution in [0.4, 0.5) is 16.2 Å². The number of carbonyl (C=O) groups excluding carboxylic acids is 2. The minimum Gasteiger partial charge on any atom is -0.481 e. The Morgan fingerprint density at radius 2 is 2.14 bits per heavy atom. The molecule has 2 aliphatic rings. The highest BCUT2D eigenvalue weighted by atomic mass is 16.5. The molecule has 2 aromatic rings. The molecule has 0 bridgehead atoms. The molecule has 1 aromatic carbocycles. The first kappa shape index (κ1) is 18.3. The summed E-state index contributed by atoms with van der Waals surface area (Å²) in [5, 5.41) is 7.11. The number of rotatable bonds is 3. The molecule has 1 fully saturated rings. The third-order valence-electron chi connectivity index (χ3n) is 5.27. The van der Waals surface area contributed by atoms with Crippen molar-refractivity contribution in [2.24, 2.45) is 0 Å². The highest BCUT2D eigenvalue weighted by molar-refractivity contribution is 5.98. The molecule has 0 saturated carbocycles. The van der Waals surface area contributed by atoms with E-state index in [1.165, 1.54) is 0 Å². The van der Waals surface area contributed by atoms with Crippen LogP contribution in [0.5, 0.6) is 5.75 Å². The number of anilines is 2. The van der Waals surface area contributed by atoms with E-state index in [0.29, 0.717) is 23.7 Å². The van der Waals surface area contributed by atoms with Gasteiger partial charge in [-0.2, -0.15) is 0 Å². The van der Waals surface area contributed by atoms with Gasteiger partial charge in [0.2, 0.25) is 0 Å². The predicted molar refractivity (Wildman–Crippen MR) is 104 cm³/mol. The minimum atomic E-state index is -0.184. The van der Waals surface area contributed by atoms with Crippen LogP contribution in [0.3, 0.4) is 0 Å². The van der Waals surface area contributed by atoms with Crippen molar-refractivity contribution >= 4 is 23.3 Å². The van der Waals surface area contributed by atoms with E-state index < -0.39 is 0 Å². The fourth-order valence-electron chi connectivity index (χ4n) is 3.60. The fraction of sp³-hybridized carbons (Fsp3) is 0.450. The van der Waals surface area contributed by atoms with E-state index in [1.54, 1.807) is 35.0 Å². The SMILES string of the molecule is CC(C)c1cc(C2CCCN2C(=O)Nc2ccc3c(c2)OCC(=O)N3C)no1. The molecule has 0 spiro atoms. The molecule has 28 heavy (non-hydrogen) atoms. The summed E-state index contributed by atoms with van der Waals surface area (Å²) in [6.45, 7) is 4.76. The zero-order valence-electron chi connectivity index (χ0n) is 16.3. The maximum absolute atomic E-state index is 12.9. The van der Waals surface area contributed by atoms with Gasteiger partial charge in [0.15, 0.2) is 6.61 Å². The van der Waals surface area contributed by atoms with E-state index >= 15 is 0 Å². The van der Waals surface area contributed by atoms with Gasteiger partial charge in [-0.1, -0.05) is 19.0 Å². The van der Waals surface area contributed by atoms with Crippen molar-refractivity contribution in [3.8, 4) is 5.75 Å². The number of likely N-dealkylation sites (tertiary alicyclic amines) is 1. The summed E-state index contributed by atoms with van der Waals surface area (Å²) in [6.07, 6.45) is 1.78. The number of aromatic nitrogens is 1. The molecule has 0 aliphatic carbocycles. The quantitative estimate of drug-likeness (QED) is 0.875. The van der Waals surface area contributed by atoms with Crippen molar-refractivity contribution in [3.63, 3.8) is 0 Å². The van der Waals surface area contributed by atoms with E-state index in [2.05, 4.69) is 10.5 Å². The van der Waals surface area contributed by atoms with Crippen LogP contribution in [-0.4, -0.2) is 42.2 Å². The summed E-state index contributed by atoms with van der Waals surface area (Å²) < 4.78 is 10.9. The number of urea groups is 1. The summed E-state index contributed by atoms with van der Waals surface area (Å²) in [5.41, 5.74) is 2.11. The van der Waals surface area contributed by atoms with Crippen LogP contribution in [0.15, 0.2) is 28.8 Å². The van der Waals surface area contributed by atoms with Gasteiger partial charge in [0, 0.05) is 37.3 Å². The monoisotopic (exact) mass is 384 g/mol. The molecule has 8 nitrogen and oxygen atoms in total. The third-order valence-corrected chi connectivity index (χ3v) is 5.27. The summed E-state index contributed by atoms with van der Waals surface area (Å²) >= 11 is 0. The van der Waals surface area contributed by atoms with Crippen molar-refractivity contribution in [1.29, 1.82) is 0 Å². The van der Waals surface area contributed by atoms with Crippen LogP contribution < -0.4 is 15.0 Å². The van der Waals surface area contributed by atoms with E-state index in [1.807, 2.05) is 19.9 Å². The van der Waals surface area contributed by atoms with Crippen LogP contribution in [-0.2, 0) is 4.79 Å². The second-order valence-corrected chi connectivity index (χ2v) is 7.51. The number of nitrogens with zero attached hydrogens (tertiary/aromatic N) is 3. The van der Waals surface area contributed by atoms with Crippen LogP contribution in [0.1, 0.15) is 50.1 Å². The van der Waals surface area contributed by atoms with Crippen molar-refractivity contribution in [1.82, 2.24) is 10.1 Å². The molecular weight excluding hydrogens is 360 g/mol. The van der Waals surface area contributed by atoms with Gasteiger partial charge in [-0.05, 0) is 25.0 Å².